The van der Waals surface area contributed by atoms with Gasteiger partial charge in [-0.05, 0) is 58.9 Å². The Hall–Kier alpha value is -0.640. The summed E-state index contributed by atoms with van der Waals surface area (Å²) in [7, 11) is 2.00. The van der Waals surface area contributed by atoms with Gasteiger partial charge in [-0.3, -0.25) is 0 Å². The molecule has 1 atom stereocenters. The van der Waals surface area contributed by atoms with Crippen molar-refractivity contribution in [2.75, 3.05) is 7.05 Å². The highest BCUT2D eigenvalue weighted by atomic mass is 79.9. The number of likely N-dealkylation sites (N-methyl/N-ethyl adjacent to an activating group) is 1. The van der Waals surface area contributed by atoms with Crippen molar-refractivity contribution in [3.63, 3.8) is 0 Å². The number of halogens is 1. The van der Waals surface area contributed by atoms with Crippen molar-refractivity contribution in [1.29, 1.82) is 0 Å². The predicted molar refractivity (Wildman–Crippen MR) is 79.7 cm³/mol. The fourth-order valence-corrected chi connectivity index (χ4v) is 3.36. The largest absolute Gasteiger partial charge is 0.317 e. The Labute approximate surface area is 115 Å². The summed E-state index contributed by atoms with van der Waals surface area (Å²) in [6.45, 7) is 2.20. The Balaban J connectivity index is 2.16. The first-order chi connectivity index (χ1) is 8.20. The molecule has 2 rings (SSSR count). The first-order valence-corrected chi connectivity index (χ1v) is 7.37. The number of hydrogen-bond donors (Lipinski definition) is 1. The van der Waals surface area contributed by atoms with Crippen LogP contribution in [0.3, 0.4) is 0 Å². The van der Waals surface area contributed by atoms with Crippen molar-refractivity contribution in [2.45, 2.75) is 19.4 Å². The van der Waals surface area contributed by atoms with Crippen LogP contribution in [0.15, 0.2) is 40.2 Å². The van der Waals surface area contributed by atoms with E-state index in [2.05, 4.69) is 63.9 Å². The van der Waals surface area contributed by atoms with Gasteiger partial charge in [0.1, 0.15) is 0 Å². The highest BCUT2D eigenvalue weighted by Gasteiger charge is 2.05. The van der Waals surface area contributed by atoms with Crippen LogP contribution < -0.4 is 5.32 Å². The standard InChI is InChI=1S/C14H16BrNS/c1-10(16-2)9-11-3-5-12(6-4-11)14-13(15)7-8-17-14/h3-8,10,16H,9H2,1-2H3. The maximum atomic E-state index is 3.57. The summed E-state index contributed by atoms with van der Waals surface area (Å²) in [5.41, 5.74) is 2.66. The molecule has 3 heteroatoms. The van der Waals surface area contributed by atoms with Crippen LogP contribution in [0.2, 0.25) is 0 Å². The summed E-state index contributed by atoms with van der Waals surface area (Å²) in [5, 5.41) is 5.37. The molecule has 0 saturated heterocycles. The lowest BCUT2D eigenvalue weighted by atomic mass is 10.0. The first-order valence-electron chi connectivity index (χ1n) is 5.70. The highest BCUT2D eigenvalue weighted by molar-refractivity contribution is 9.10. The van der Waals surface area contributed by atoms with E-state index >= 15 is 0 Å². The van der Waals surface area contributed by atoms with Crippen molar-refractivity contribution in [1.82, 2.24) is 5.32 Å². The Morgan fingerprint density at radius 2 is 1.94 bits per heavy atom. The second-order valence-corrected chi connectivity index (χ2v) is 5.96. The molecule has 17 heavy (non-hydrogen) atoms. The molecule has 0 aliphatic heterocycles. The highest BCUT2D eigenvalue weighted by Crippen LogP contribution is 2.33. The van der Waals surface area contributed by atoms with Gasteiger partial charge in [-0.25, -0.2) is 0 Å². The average molecular weight is 310 g/mol. The maximum absolute atomic E-state index is 3.57. The first kappa shape index (κ1) is 12.8. The van der Waals surface area contributed by atoms with Crippen molar-refractivity contribution >= 4 is 27.3 Å². The topological polar surface area (TPSA) is 12.0 Å². The molecule has 0 saturated carbocycles. The van der Waals surface area contributed by atoms with Gasteiger partial charge in [0.25, 0.3) is 0 Å². The monoisotopic (exact) mass is 309 g/mol. The number of nitrogens with one attached hydrogen (secondary N) is 1. The molecule has 1 heterocycles. The lowest BCUT2D eigenvalue weighted by Crippen LogP contribution is -2.23. The van der Waals surface area contributed by atoms with Gasteiger partial charge in [-0.2, -0.15) is 0 Å². The fourth-order valence-electron chi connectivity index (χ4n) is 1.75. The van der Waals surface area contributed by atoms with Gasteiger partial charge in [-0.15, -0.1) is 11.3 Å². The molecule has 0 amide bonds. The lowest BCUT2D eigenvalue weighted by molar-refractivity contribution is 0.608. The maximum Gasteiger partial charge on any atom is 0.0484 e. The SMILES string of the molecule is CNC(C)Cc1ccc(-c2sccc2Br)cc1. The number of rotatable bonds is 4. The van der Waals surface area contributed by atoms with E-state index in [4.69, 9.17) is 0 Å². The molecule has 0 bridgehead atoms. The minimum absolute atomic E-state index is 0.523. The number of hydrogen-bond acceptors (Lipinski definition) is 2. The minimum Gasteiger partial charge on any atom is -0.317 e. The Kier molecular flexibility index (Phi) is 4.37. The van der Waals surface area contributed by atoms with Gasteiger partial charge in [0.05, 0.1) is 0 Å². The van der Waals surface area contributed by atoms with Crippen LogP contribution in [-0.2, 0) is 6.42 Å². The van der Waals surface area contributed by atoms with Crippen molar-refractivity contribution in [3.8, 4) is 10.4 Å². The molecule has 1 aromatic carbocycles. The Morgan fingerprint density at radius 3 is 2.47 bits per heavy atom. The van der Waals surface area contributed by atoms with E-state index in [-0.39, 0.29) is 0 Å². The third-order valence-electron chi connectivity index (χ3n) is 2.87. The van der Waals surface area contributed by atoms with E-state index in [1.165, 1.54) is 20.5 Å². The summed E-state index contributed by atoms with van der Waals surface area (Å²) in [4.78, 5) is 1.30. The van der Waals surface area contributed by atoms with Crippen LogP contribution in [0, 0.1) is 0 Å². The van der Waals surface area contributed by atoms with E-state index in [0.717, 1.165) is 6.42 Å². The smallest absolute Gasteiger partial charge is 0.0484 e. The molecule has 0 radical (unpaired) electrons. The number of benzene rings is 1. The van der Waals surface area contributed by atoms with E-state index < -0.39 is 0 Å². The van der Waals surface area contributed by atoms with Crippen LogP contribution in [-0.4, -0.2) is 13.1 Å². The average Bonchev–Trinajstić information content (AvgIpc) is 2.76. The van der Waals surface area contributed by atoms with Gasteiger partial charge in [0, 0.05) is 15.4 Å². The van der Waals surface area contributed by atoms with E-state index in [0.29, 0.717) is 6.04 Å². The van der Waals surface area contributed by atoms with Crippen LogP contribution in [0.1, 0.15) is 12.5 Å². The third-order valence-corrected chi connectivity index (χ3v) is 4.75. The molecule has 2 aromatic rings. The van der Waals surface area contributed by atoms with Gasteiger partial charge < -0.3 is 5.32 Å². The Morgan fingerprint density at radius 1 is 1.24 bits per heavy atom. The third kappa shape index (κ3) is 3.18. The summed E-state index contributed by atoms with van der Waals surface area (Å²) < 4.78 is 1.18. The van der Waals surface area contributed by atoms with Crippen LogP contribution >= 0.6 is 27.3 Å². The molecule has 0 fully saturated rings. The Bertz CT molecular complexity index is 475. The quantitative estimate of drug-likeness (QED) is 0.886. The zero-order valence-electron chi connectivity index (χ0n) is 10.0. The molecule has 1 N–H and O–H groups in total. The molecule has 0 aliphatic rings. The van der Waals surface area contributed by atoms with Gasteiger partial charge in [0.2, 0.25) is 0 Å². The molecular formula is C14H16BrNS. The summed E-state index contributed by atoms with van der Waals surface area (Å²) in [6.07, 6.45) is 1.07. The van der Waals surface area contributed by atoms with Gasteiger partial charge in [-0.1, -0.05) is 24.3 Å². The molecule has 1 aromatic heterocycles. The molecule has 1 nitrogen and oxygen atoms in total. The zero-order chi connectivity index (χ0) is 12.3. The predicted octanol–water partition coefficient (Wildman–Crippen LogP) is 4.33. The van der Waals surface area contributed by atoms with Gasteiger partial charge in [0.15, 0.2) is 0 Å². The van der Waals surface area contributed by atoms with E-state index in [9.17, 15) is 0 Å². The fraction of sp³-hybridized carbons (Fsp3) is 0.286. The summed E-state index contributed by atoms with van der Waals surface area (Å²) in [5.74, 6) is 0. The second-order valence-electron chi connectivity index (χ2n) is 4.19. The second kappa shape index (κ2) is 5.80. The van der Waals surface area contributed by atoms with Gasteiger partial charge >= 0.3 is 0 Å². The normalized spacial score (nSPS) is 12.6. The zero-order valence-corrected chi connectivity index (χ0v) is 12.4. The van der Waals surface area contributed by atoms with Crippen LogP contribution in [0.4, 0.5) is 0 Å². The van der Waals surface area contributed by atoms with E-state index in [1.54, 1.807) is 11.3 Å². The summed E-state index contributed by atoms with van der Waals surface area (Å²) in [6, 6.07) is 11.5. The van der Waals surface area contributed by atoms with Crippen LogP contribution in [0.5, 0.6) is 0 Å². The van der Waals surface area contributed by atoms with E-state index in [1.807, 2.05) is 7.05 Å². The number of thiophene rings is 1. The van der Waals surface area contributed by atoms with Crippen molar-refractivity contribution < 1.29 is 0 Å². The summed E-state index contributed by atoms with van der Waals surface area (Å²) >= 11 is 5.34. The molecular weight excluding hydrogens is 294 g/mol. The molecule has 0 spiro atoms. The molecule has 90 valence electrons. The minimum atomic E-state index is 0.523. The van der Waals surface area contributed by atoms with Crippen LogP contribution in [0.25, 0.3) is 10.4 Å². The lowest BCUT2D eigenvalue weighted by Gasteiger charge is -2.10. The molecule has 0 aliphatic carbocycles. The molecule has 1 unspecified atom stereocenters. The van der Waals surface area contributed by atoms with Crippen molar-refractivity contribution in [2.24, 2.45) is 0 Å². The van der Waals surface area contributed by atoms with Crippen molar-refractivity contribution in [3.05, 3.63) is 45.7 Å².